The topological polar surface area (TPSA) is 72.2 Å². The Morgan fingerprint density at radius 2 is 1.63 bits per heavy atom. The van der Waals surface area contributed by atoms with E-state index in [1.54, 1.807) is 0 Å². The molecule has 19 heavy (non-hydrogen) atoms. The van der Waals surface area contributed by atoms with Crippen molar-refractivity contribution in [1.82, 2.24) is 5.32 Å². The molecule has 1 rings (SSSR count). The molecule has 3 N–H and O–H groups in total. The van der Waals surface area contributed by atoms with Crippen LogP contribution < -0.4 is 11.1 Å². The smallest absolute Gasteiger partial charge is 0.225 e. The number of nitrogens with two attached hydrogens (primary N) is 1. The number of rotatable bonds is 5. The molecule has 0 aliphatic carbocycles. The van der Waals surface area contributed by atoms with Crippen LogP contribution in [0.1, 0.15) is 38.3 Å². The van der Waals surface area contributed by atoms with Crippen LogP contribution in [0.5, 0.6) is 0 Å². The van der Waals surface area contributed by atoms with Crippen LogP contribution in [-0.2, 0) is 22.6 Å². The van der Waals surface area contributed by atoms with E-state index in [9.17, 15) is 9.59 Å². The maximum atomic E-state index is 11.7. The summed E-state index contributed by atoms with van der Waals surface area (Å²) in [5.41, 5.74) is 6.85. The van der Waals surface area contributed by atoms with Gasteiger partial charge in [-0.1, -0.05) is 45.0 Å². The Balaban J connectivity index is 2.49. The van der Waals surface area contributed by atoms with Crippen molar-refractivity contribution in [2.75, 3.05) is 0 Å². The van der Waals surface area contributed by atoms with Crippen molar-refractivity contribution >= 4 is 11.8 Å². The molecule has 0 bridgehead atoms. The van der Waals surface area contributed by atoms with Crippen LogP contribution in [-0.4, -0.2) is 11.8 Å². The summed E-state index contributed by atoms with van der Waals surface area (Å²) in [7, 11) is 0. The molecule has 0 heterocycles. The van der Waals surface area contributed by atoms with E-state index in [0.29, 0.717) is 19.4 Å². The number of nitrogens with one attached hydrogen (secondary N) is 1. The Morgan fingerprint density at radius 3 is 2.11 bits per heavy atom. The molecule has 0 spiro atoms. The Bertz CT molecular complexity index is 444. The average molecular weight is 262 g/mol. The van der Waals surface area contributed by atoms with Gasteiger partial charge in [0, 0.05) is 18.4 Å². The van der Waals surface area contributed by atoms with Crippen LogP contribution in [0.15, 0.2) is 24.3 Å². The van der Waals surface area contributed by atoms with Gasteiger partial charge in [-0.15, -0.1) is 0 Å². The quantitative estimate of drug-likeness (QED) is 0.848. The van der Waals surface area contributed by atoms with Gasteiger partial charge in [0.05, 0.1) is 0 Å². The maximum Gasteiger partial charge on any atom is 0.225 e. The van der Waals surface area contributed by atoms with Crippen LogP contribution in [0.2, 0.25) is 0 Å². The summed E-state index contributed by atoms with van der Waals surface area (Å²) in [4.78, 5) is 22.4. The zero-order valence-corrected chi connectivity index (χ0v) is 11.8. The van der Waals surface area contributed by atoms with Gasteiger partial charge in [-0.25, -0.2) is 0 Å². The monoisotopic (exact) mass is 262 g/mol. The fraction of sp³-hybridized carbons (Fsp3) is 0.467. The molecule has 2 amide bonds. The van der Waals surface area contributed by atoms with Crippen molar-refractivity contribution in [3.05, 3.63) is 35.4 Å². The van der Waals surface area contributed by atoms with Gasteiger partial charge >= 0.3 is 0 Å². The highest BCUT2D eigenvalue weighted by Gasteiger charge is 2.20. The molecule has 4 heteroatoms. The minimum absolute atomic E-state index is 0.0327. The normalized spacial score (nSPS) is 11.1. The summed E-state index contributed by atoms with van der Waals surface area (Å²) >= 11 is 0. The number of primary amides is 1. The molecule has 104 valence electrons. The molecule has 4 nitrogen and oxygen atoms in total. The van der Waals surface area contributed by atoms with Gasteiger partial charge in [0.2, 0.25) is 11.8 Å². The lowest BCUT2D eigenvalue weighted by atomic mass is 9.95. The van der Waals surface area contributed by atoms with Crippen molar-refractivity contribution in [2.24, 2.45) is 11.1 Å². The number of hydrogen-bond donors (Lipinski definition) is 2. The van der Waals surface area contributed by atoms with Gasteiger partial charge in [-0.2, -0.15) is 0 Å². The molecule has 0 aromatic heterocycles. The van der Waals surface area contributed by atoms with Crippen molar-refractivity contribution in [3.63, 3.8) is 0 Å². The van der Waals surface area contributed by atoms with Gasteiger partial charge < -0.3 is 11.1 Å². The predicted molar refractivity (Wildman–Crippen MR) is 75.3 cm³/mol. The van der Waals surface area contributed by atoms with E-state index in [4.69, 9.17) is 5.73 Å². The lowest BCUT2D eigenvalue weighted by Gasteiger charge is -2.17. The van der Waals surface area contributed by atoms with Crippen molar-refractivity contribution < 1.29 is 9.59 Å². The summed E-state index contributed by atoms with van der Waals surface area (Å²) < 4.78 is 0. The maximum absolute atomic E-state index is 11.7. The molecule has 0 atom stereocenters. The lowest BCUT2D eigenvalue weighted by Crippen LogP contribution is -2.34. The van der Waals surface area contributed by atoms with E-state index in [2.05, 4.69) is 5.32 Å². The van der Waals surface area contributed by atoms with Gasteiger partial charge in [-0.3, -0.25) is 9.59 Å². The molecule has 0 saturated carbocycles. The molecule has 0 aliphatic rings. The van der Waals surface area contributed by atoms with Crippen molar-refractivity contribution in [3.8, 4) is 0 Å². The van der Waals surface area contributed by atoms with E-state index in [1.165, 1.54) is 0 Å². The molecule has 0 aliphatic heterocycles. The zero-order valence-electron chi connectivity index (χ0n) is 11.8. The Morgan fingerprint density at radius 1 is 1.11 bits per heavy atom. The van der Waals surface area contributed by atoms with Gasteiger partial charge in [0.25, 0.3) is 0 Å². The highest BCUT2D eigenvalue weighted by Crippen LogP contribution is 2.13. The number of carbonyl (C=O) groups excluding carboxylic acids is 2. The second-order valence-electron chi connectivity index (χ2n) is 5.72. The fourth-order valence-corrected chi connectivity index (χ4v) is 1.54. The van der Waals surface area contributed by atoms with Crippen molar-refractivity contribution in [1.29, 1.82) is 0 Å². The Kier molecular flexibility index (Phi) is 5.10. The summed E-state index contributed by atoms with van der Waals surface area (Å²) in [6.07, 6.45) is 1.02. The largest absolute Gasteiger partial charge is 0.370 e. The number of amides is 2. The number of benzene rings is 1. The average Bonchev–Trinajstić information content (AvgIpc) is 2.33. The number of carbonyl (C=O) groups is 2. The number of aryl methyl sites for hydroxylation is 1. The van der Waals surface area contributed by atoms with E-state index in [-0.39, 0.29) is 17.2 Å². The third-order valence-corrected chi connectivity index (χ3v) is 2.82. The number of hydrogen-bond acceptors (Lipinski definition) is 2. The first-order chi connectivity index (χ1) is 8.79. The summed E-state index contributed by atoms with van der Waals surface area (Å²) in [5, 5.41) is 2.90. The van der Waals surface area contributed by atoms with Gasteiger partial charge in [0.1, 0.15) is 0 Å². The van der Waals surface area contributed by atoms with Gasteiger partial charge in [0.15, 0.2) is 0 Å². The van der Waals surface area contributed by atoms with Crippen LogP contribution in [0.25, 0.3) is 0 Å². The summed E-state index contributed by atoms with van der Waals surface area (Å²) in [6.45, 7) is 6.17. The molecule has 0 saturated heterocycles. The van der Waals surface area contributed by atoms with Crippen LogP contribution in [0.4, 0.5) is 0 Å². The summed E-state index contributed by atoms with van der Waals surface area (Å²) in [6, 6.07) is 7.83. The Labute approximate surface area is 114 Å². The first-order valence-corrected chi connectivity index (χ1v) is 6.43. The third-order valence-electron chi connectivity index (χ3n) is 2.82. The molecule has 1 aromatic rings. The van der Waals surface area contributed by atoms with E-state index in [0.717, 1.165) is 11.1 Å². The van der Waals surface area contributed by atoms with E-state index >= 15 is 0 Å². The lowest BCUT2D eigenvalue weighted by molar-refractivity contribution is -0.128. The third kappa shape index (κ3) is 5.55. The first kappa shape index (κ1) is 15.2. The van der Waals surface area contributed by atoms with E-state index in [1.807, 2.05) is 45.0 Å². The molecule has 0 unspecified atom stereocenters. The minimum Gasteiger partial charge on any atom is -0.370 e. The molecule has 1 aromatic carbocycles. The molecule has 0 radical (unpaired) electrons. The highest BCUT2D eigenvalue weighted by molar-refractivity contribution is 5.81. The second kappa shape index (κ2) is 6.36. The zero-order chi connectivity index (χ0) is 14.5. The van der Waals surface area contributed by atoms with Crippen LogP contribution in [0, 0.1) is 5.41 Å². The minimum atomic E-state index is -0.374. The second-order valence-corrected chi connectivity index (χ2v) is 5.72. The van der Waals surface area contributed by atoms with E-state index < -0.39 is 0 Å². The Hall–Kier alpha value is -1.84. The van der Waals surface area contributed by atoms with Crippen LogP contribution >= 0.6 is 0 Å². The predicted octanol–water partition coefficient (Wildman–Crippen LogP) is 1.77. The molecule has 0 fully saturated rings. The van der Waals surface area contributed by atoms with Gasteiger partial charge in [-0.05, 0) is 17.5 Å². The highest BCUT2D eigenvalue weighted by atomic mass is 16.2. The molecular weight excluding hydrogens is 240 g/mol. The fourth-order valence-electron chi connectivity index (χ4n) is 1.54. The van der Waals surface area contributed by atoms with Crippen LogP contribution in [0.3, 0.4) is 0 Å². The first-order valence-electron chi connectivity index (χ1n) is 6.43. The standard InChI is InChI=1S/C15H22N2O2/c1-15(2,3)14(19)17-10-12-6-4-11(5-7-12)8-9-13(16)18/h4-7H,8-10H2,1-3H3,(H2,16,18)(H,17,19). The molecular formula is C15H22N2O2. The van der Waals surface area contributed by atoms with Crippen molar-refractivity contribution in [2.45, 2.75) is 40.2 Å². The summed E-state index contributed by atoms with van der Waals surface area (Å²) in [5.74, 6) is -0.258. The SMILES string of the molecule is CC(C)(C)C(=O)NCc1ccc(CCC(N)=O)cc1.